The molecule has 0 fully saturated rings. The molecule has 2 rings (SSSR count). The van der Waals surface area contributed by atoms with Crippen molar-refractivity contribution in [2.45, 2.75) is 4.90 Å². The van der Waals surface area contributed by atoms with E-state index in [9.17, 15) is 4.79 Å². The predicted octanol–water partition coefficient (Wildman–Crippen LogP) is 3.82. The van der Waals surface area contributed by atoms with Gasteiger partial charge in [0, 0.05) is 21.1 Å². The van der Waals surface area contributed by atoms with Gasteiger partial charge in [-0.05, 0) is 58.6 Å². The lowest BCUT2D eigenvalue weighted by Crippen LogP contribution is -2.12. The van der Waals surface area contributed by atoms with Crippen LogP contribution < -0.4 is 5.32 Å². The quantitative estimate of drug-likeness (QED) is 0.873. The number of carbonyl (C=O) groups is 1. The van der Waals surface area contributed by atoms with Gasteiger partial charge >= 0.3 is 0 Å². The second-order valence-corrected chi connectivity index (χ2v) is 5.34. The molecule has 0 saturated heterocycles. The Labute approximate surface area is 118 Å². The maximum atomic E-state index is 11.9. The molecule has 1 aromatic heterocycles. The van der Waals surface area contributed by atoms with E-state index in [0.717, 1.165) is 9.37 Å². The fraction of sp³-hybridized carbons (Fsp3) is 0.0769. The third kappa shape index (κ3) is 3.34. The van der Waals surface area contributed by atoms with Crippen molar-refractivity contribution in [1.29, 1.82) is 0 Å². The van der Waals surface area contributed by atoms with E-state index < -0.39 is 0 Å². The second kappa shape index (κ2) is 6.02. The van der Waals surface area contributed by atoms with E-state index in [0.29, 0.717) is 11.4 Å². The zero-order valence-electron chi connectivity index (χ0n) is 9.68. The molecule has 0 aliphatic carbocycles. The van der Waals surface area contributed by atoms with Crippen LogP contribution in [0, 0.1) is 0 Å². The van der Waals surface area contributed by atoms with Crippen LogP contribution in [0.4, 0.5) is 5.82 Å². The standard InChI is InChI=1S/C13H11BrN2OS/c1-18-11-5-2-9(3-6-11)13(17)16-12-7-4-10(14)8-15-12/h2-8H,1H3,(H,15,16,17). The molecule has 3 nitrogen and oxygen atoms in total. The molecule has 0 saturated carbocycles. The first kappa shape index (κ1) is 13.1. The molecular weight excluding hydrogens is 312 g/mol. The Morgan fingerprint density at radius 3 is 2.50 bits per heavy atom. The maximum absolute atomic E-state index is 11.9. The predicted molar refractivity (Wildman–Crippen MR) is 78.1 cm³/mol. The number of hydrogen-bond acceptors (Lipinski definition) is 3. The summed E-state index contributed by atoms with van der Waals surface area (Å²) in [7, 11) is 0. The molecule has 2 aromatic rings. The number of carbonyl (C=O) groups excluding carboxylic acids is 1. The van der Waals surface area contributed by atoms with Gasteiger partial charge in [-0.2, -0.15) is 0 Å². The van der Waals surface area contributed by atoms with Crippen LogP contribution in [0.5, 0.6) is 0 Å². The summed E-state index contributed by atoms with van der Waals surface area (Å²) >= 11 is 4.94. The maximum Gasteiger partial charge on any atom is 0.256 e. The van der Waals surface area contributed by atoms with Crippen molar-refractivity contribution in [3.63, 3.8) is 0 Å². The number of pyridine rings is 1. The number of benzene rings is 1. The van der Waals surface area contributed by atoms with Gasteiger partial charge in [0.15, 0.2) is 0 Å². The molecule has 0 unspecified atom stereocenters. The highest BCUT2D eigenvalue weighted by atomic mass is 79.9. The summed E-state index contributed by atoms with van der Waals surface area (Å²) in [6.45, 7) is 0. The minimum Gasteiger partial charge on any atom is -0.307 e. The number of amides is 1. The third-order valence-corrected chi connectivity index (χ3v) is 3.53. The Morgan fingerprint density at radius 2 is 1.94 bits per heavy atom. The fourth-order valence-corrected chi connectivity index (χ4v) is 2.02. The van der Waals surface area contributed by atoms with Gasteiger partial charge in [0.2, 0.25) is 0 Å². The first-order valence-corrected chi connectivity index (χ1v) is 7.28. The van der Waals surface area contributed by atoms with Gasteiger partial charge in [-0.3, -0.25) is 4.79 Å². The lowest BCUT2D eigenvalue weighted by Gasteiger charge is -2.05. The van der Waals surface area contributed by atoms with E-state index in [4.69, 9.17) is 0 Å². The summed E-state index contributed by atoms with van der Waals surface area (Å²) in [5.74, 6) is 0.384. The lowest BCUT2D eigenvalue weighted by molar-refractivity contribution is 0.102. The molecule has 18 heavy (non-hydrogen) atoms. The highest BCUT2D eigenvalue weighted by Gasteiger charge is 2.06. The Bertz CT molecular complexity index is 540. The number of thioether (sulfide) groups is 1. The average Bonchev–Trinajstić information content (AvgIpc) is 2.41. The van der Waals surface area contributed by atoms with Gasteiger partial charge in [-0.25, -0.2) is 4.98 Å². The monoisotopic (exact) mass is 322 g/mol. The molecule has 1 N–H and O–H groups in total. The van der Waals surface area contributed by atoms with Crippen LogP contribution in [-0.4, -0.2) is 17.1 Å². The van der Waals surface area contributed by atoms with Gasteiger partial charge in [0.25, 0.3) is 5.91 Å². The van der Waals surface area contributed by atoms with Crippen LogP contribution in [0.3, 0.4) is 0 Å². The first-order chi connectivity index (χ1) is 8.69. The van der Waals surface area contributed by atoms with Crippen molar-refractivity contribution in [2.75, 3.05) is 11.6 Å². The van der Waals surface area contributed by atoms with E-state index in [1.807, 2.05) is 24.5 Å². The molecule has 1 aromatic carbocycles. The zero-order valence-corrected chi connectivity index (χ0v) is 12.1. The van der Waals surface area contributed by atoms with Crippen molar-refractivity contribution < 1.29 is 4.79 Å². The van der Waals surface area contributed by atoms with Crippen LogP contribution >= 0.6 is 27.7 Å². The molecule has 0 spiro atoms. The molecular formula is C13H11BrN2OS. The highest BCUT2D eigenvalue weighted by Crippen LogP contribution is 2.16. The van der Waals surface area contributed by atoms with E-state index >= 15 is 0 Å². The number of nitrogens with one attached hydrogen (secondary N) is 1. The summed E-state index contributed by atoms with van der Waals surface area (Å²) < 4.78 is 0.879. The van der Waals surface area contributed by atoms with Crippen LogP contribution in [0.1, 0.15) is 10.4 Å². The SMILES string of the molecule is CSc1ccc(C(=O)Nc2ccc(Br)cn2)cc1. The van der Waals surface area contributed by atoms with E-state index in [-0.39, 0.29) is 5.91 Å². The van der Waals surface area contributed by atoms with Gasteiger partial charge in [0.1, 0.15) is 5.82 Å². The zero-order chi connectivity index (χ0) is 13.0. The average molecular weight is 323 g/mol. The van der Waals surface area contributed by atoms with Crippen LogP contribution in [-0.2, 0) is 0 Å². The van der Waals surface area contributed by atoms with E-state index in [2.05, 4.69) is 26.2 Å². The highest BCUT2D eigenvalue weighted by molar-refractivity contribution is 9.10. The molecule has 0 bridgehead atoms. The smallest absolute Gasteiger partial charge is 0.256 e. The molecule has 1 amide bonds. The Kier molecular flexibility index (Phi) is 4.38. The van der Waals surface area contributed by atoms with Crippen LogP contribution in [0.15, 0.2) is 52.0 Å². The van der Waals surface area contributed by atoms with Crippen molar-refractivity contribution in [2.24, 2.45) is 0 Å². The van der Waals surface area contributed by atoms with Crippen molar-refractivity contribution >= 4 is 39.4 Å². The molecule has 5 heteroatoms. The van der Waals surface area contributed by atoms with Crippen LogP contribution in [0.2, 0.25) is 0 Å². The summed E-state index contributed by atoms with van der Waals surface area (Å²) in [5.41, 5.74) is 0.623. The van der Waals surface area contributed by atoms with E-state index in [1.165, 1.54) is 0 Å². The largest absolute Gasteiger partial charge is 0.307 e. The molecule has 0 radical (unpaired) electrons. The first-order valence-electron chi connectivity index (χ1n) is 5.26. The van der Waals surface area contributed by atoms with Crippen molar-refractivity contribution in [3.8, 4) is 0 Å². The number of anilines is 1. The van der Waals surface area contributed by atoms with Crippen molar-refractivity contribution in [1.82, 2.24) is 4.98 Å². The number of rotatable bonds is 3. The fourth-order valence-electron chi connectivity index (χ4n) is 1.38. The second-order valence-electron chi connectivity index (χ2n) is 3.54. The summed E-state index contributed by atoms with van der Waals surface area (Å²) in [4.78, 5) is 17.2. The normalized spacial score (nSPS) is 10.1. The van der Waals surface area contributed by atoms with Gasteiger partial charge in [-0.1, -0.05) is 0 Å². The number of aromatic nitrogens is 1. The topological polar surface area (TPSA) is 42.0 Å². The number of nitrogens with zero attached hydrogens (tertiary/aromatic N) is 1. The molecule has 0 aliphatic rings. The molecule has 92 valence electrons. The van der Waals surface area contributed by atoms with E-state index in [1.54, 1.807) is 36.2 Å². The Balaban J connectivity index is 2.09. The third-order valence-electron chi connectivity index (χ3n) is 2.32. The Morgan fingerprint density at radius 1 is 1.22 bits per heavy atom. The Hall–Kier alpha value is -1.33. The molecule has 0 aliphatic heterocycles. The van der Waals surface area contributed by atoms with Gasteiger partial charge in [0.05, 0.1) is 0 Å². The molecule has 1 heterocycles. The summed E-state index contributed by atoms with van der Waals surface area (Å²) in [6.07, 6.45) is 3.65. The number of hydrogen-bond donors (Lipinski definition) is 1. The van der Waals surface area contributed by atoms with Gasteiger partial charge in [-0.15, -0.1) is 11.8 Å². The summed E-state index contributed by atoms with van der Waals surface area (Å²) in [5, 5.41) is 2.75. The van der Waals surface area contributed by atoms with Crippen molar-refractivity contribution in [3.05, 3.63) is 52.6 Å². The summed E-state index contributed by atoms with van der Waals surface area (Å²) in [6, 6.07) is 11.0. The van der Waals surface area contributed by atoms with Gasteiger partial charge < -0.3 is 5.32 Å². The minimum atomic E-state index is -0.155. The number of halogens is 1. The minimum absolute atomic E-state index is 0.155. The lowest BCUT2D eigenvalue weighted by atomic mass is 10.2. The molecule has 0 atom stereocenters. The van der Waals surface area contributed by atoms with Crippen LogP contribution in [0.25, 0.3) is 0 Å².